The molecule has 0 aliphatic carbocycles. The van der Waals surface area contributed by atoms with E-state index in [0.717, 1.165) is 23.3 Å². The lowest BCUT2D eigenvalue weighted by atomic mass is 10.1. The maximum atomic E-state index is 12.5. The van der Waals surface area contributed by atoms with Gasteiger partial charge in [0.25, 0.3) is 0 Å². The SMILES string of the molecule is CCCCCCCCCCCOc1ccc(C(=O)Oc2ccc(-c3ccccc3)cc2)cc1. The van der Waals surface area contributed by atoms with E-state index in [9.17, 15) is 4.79 Å². The maximum Gasteiger partial charge on any atom is 0.343 e. The molecule has 0 saturated heterocycles. The molecule has 0 aromatic heterocycles. The molecule has 0 bridgehead atoms. The largest absolute Gasteiger partial charge is 0.494 e. The molecule has 0 unspecified atom stereocenters. The molecule has 174 valence electrons. The van der Waals surface area contributed by atoms with Gasteiger partial charge in [0.2, 0.25) is 0 Å². The van der Waals surface area contributed by atoms with Crippen LogP contribution in [0.25, 0.3) is 11.1 Å². The molecule has 3 heteroatoms. The molecule has 0 radical (unpaired) electrons. The fraction of sp³-hybridized carbons (Fsp3) is 0.367. The molecule has 3 aromatic rings. The molecular weight excluding hydrogens is 408 g/mol. The van der Waals surface area contributed by atoms with E-state index in [1.807, 2.05) is 54.6 Å². The summed E-state index contributed by atoms with van der Waals surface area (Å²) in [4.78, 5) is 12.5. The number of hydrogen-bond donors (Lipinski definition) is 0. The standard InChI is InChI=1S/C30H36O3/c1-2-3-4-5-6-7-8-9-13-24-32-28-20-18-27(19-21-28)30(31)33-29-22-16-26(17-23-29)25-14-11-10-12-15-25/h10-12,14-23H,2-9,13,24H2,1H3. The van der Waals surface area contributed by atoms with Gasteiger partial charge in [-0.1, -0.05) is 101 Å². The van der Waals surface area contributed by atoms with Gasteiger partial charge < -0.3 is 9.47 Å². The van der Waals surface area contributed by atoms with E-state index < -0.39 is 0 Å². The van der Waals surface area contributed by atoms with Crippen LogP contribution < -0.4 is 9.47 Å². The second-order valence-electron chi connectivity index (χ2n) is 8.48. The summed E-state index contributed by atoms with van der Waals surface area (Å²) in [6, 6.07) is 24.9. The zero-order chi connectivity index (χ0) is 23.1. The van der Waals surface area contributed by atoms with E-state index in [-0.39, 0.29) is 5.97 Å². The number of hydrogen-bond acceptors (Lipinski definition) is 3. The van der Waals surface area contributed by atoms with Crippen molar-refractivity contribution in [3.05, 3.63) is 84.4 Å². The molecule has 0 amide bonds. The first-order valence-corrected chi connectivity index (χ1v) is 12.4. The van der Waals surface area contributed by atoms with Crippen LogP contribution in [0.15, 0.2) is 78.9 Å². The van der Waals surface area contributed by atoms with E-state index in [1.54, 1.807) is 12.1 Å². The van der Waals surface area contributed by atoms with Crippen LogP contribution in [-0.2, 0) is 0 Å². The van der Waals surface area contributed by atoms with E-state index >= 15 is 0 Å². The Morgan fingerprint density at radius 1 is 0.606 bits per heavy atom. The predicted molar refractivity (Wildman–Crippen MR) is 136 cm³/mol. The van der Waals surface area contributed by atoms with Crippen LogP contribution in [0.1, 0.15) is 75.1 Å². The van der Waals surface area contributed by atoms with Crippen molar-refractivity contribution in [3.8, 4) is 22.6 Å². The van der Waals surface area contributed by atoms with Crippen molar-refractivity contribution >= 4 is 5.97 Å². The van der Waals surface area contributed by atoms with E-state index in [4.69, 9.17) is 9.47 Å². The molecule has 0 atom stereocenters. The molecule has 0 heterocycles. The lowest BCUT2D eigenvalue weighted by Gasteiger charge is -2.08. The summed E-state index contributed by atoms with van der Waals surface area (Å²) in [6.07, 6.45) is 11.7. The average Bonchev–Trinajstić information content (AvgIpc) is 2.86. The molecular formula is C30H36O3. The first-order chi connectivity index (χ1) is 16.3. The third-order valence-corrected chi connectivity index (χ3v) is 5.78. The van der Waals surface area contributed by atoms with E-state index in [0.29, 0.717) is 17.9 Å². The Hall–Kier alpha value is -3.07. The molecule has 33 heavy (non-hydrogen) atoms. The fourth-order valence-electron chi connectivity index (χ4n) is 3.80. The van der Waals surface area contributed by atoms with Crippen molar-refractivity contribution in [1.29, 1.82) is 0 Å². The molecule has 0 fully saturated rings. The number of ether oxygens (including phenoxy) is 2. The summed E-state index contributed by atoms with van der Waals surface area (Å²) in [5.41, 5.74) is 2.73. The Morgan fingerprint density at radius 3 is 1.79 bits per heavy atom. The monoisotopic (exact) mass is 444 g/mol. The van der Waals surface area contributed by atoms with Crippen LogP contribution in [0.4, 0.5) is 0 Å². The molecule has 0 aliphatic heterocycles. The molecule has 0 N–H and O–H groups in total. The van der Waals surface area contributed by atoms with Gasteiger partial charge in [-0.05, 0) is 53.9 Å². The van der Waals surface area contributed by atoms with Gasteiger partial charge in [-0.3, -0.25) is 0 Å². The molecule has 3 aromatic carbocycles. The number of rotatable bonds is 14. The van der Waals surface area contributed by atoms with E-state index in [2.05, 4.69) is 19.1 Å². The Kier molecular flexibility index (Phi) is 10.5. The van der Waals surface area contributed by atoms with Gasteiger partial charge in [-0.2, -0.15) is 0 Å². The third-order valence-electron chi connectivity index (χ3n) is 5.78. The molecule has 0 saturated carbocycles. The summed E-state index contributed by atoms with van der Waals surface area (Å²) in [5.74, 6) is 0.955. The Morgan fingerprint density at radius 2 is 1.15 bits per heavy atom. The van der Waals surface area contributed by atoms with Gasteiger partial charge in [0.05, 0.1) is 12.2 Å². The third kappa shape index (κ3) is 8.76. The van der Waals surface area contributed by atoms with Gasteiger partial charge in [-0.25, -0.2) is 4.79 Å². The topological polar surface area (TPSA) is 35.5 Å². The highest BCUT2D eigenvalue weighted by atomic mass is 16.5. The quantitative estimate of drug-likeness (QED) is 0.142. The summed E-state index contributed by atoms with van der Waals surface area (Å²) in [7, 11) is 0. The zero-order valence-electron chi connectivity index (χ0n) is 19.8. The average molecular weight is 445 g/mol. The van der Waals surface area contributed by atoms with Gasteiger partial charge in [0.1, 0.15) is 11.5 Å². The molecule has 0 spiro atoms. The van der Waals surface area contributed by atoms with Crippen molar-refractivity contribution in [1.82, 2.24) is 0 Å². The van der Waals surface area contributed by atoms with Crippen LogP contribution >= 0.6 is 0 Å². The Balaban J connectivity index is 1.35. The van der Waals surface area contributed by atoms with Crippen LogP contribution in [0.3, 0.4) is 0 Å². The normalized spacial score (nSPS) is 10.7. The maximum absolute atomic E-state index is 12.5. The lowest BCUT2D eigenvalue weighted by Crippen LogP contribution is -2.08. The Labute approximate surface area is 198 Å². The Bertz CT molecular complexity index is 931. The molecule has 3 rings (SSSR count). The van der Waals surface area contributed by atoms with Crippen molar-refractivity contribution in [3.63, 3.8) is 0 Å². The van der Waals surface area contributed by atoms with E-state index in [1.165, 1.54) is 51.4 Å². The summed E-state index contributed by atoms with van der Waals surface area (Å²) < 4.78 is 11.3. The van der Waals surface area contributed by atoms with Gasteiger partial charge in [0.15, 0.2) is 0 Å². The number of carbonyl (C=O) groups is 1. The first kappa shape index (κ1) is 24.6. The zero-order valence-corrected chi connectivity index (χ0v) is 19.8. The highest BCUT2D eigenvalue weighted by Gasteiger charge is 2.09. The molecule has 3 nitrogen and oxygen atoms in total. The van der Waals surface area contributed by atoms with Crippen LogP contribution in [0.2, 0.25) is 0 Å². The van der Waals surface area contributed by atoms with Crippen LogP contribution in [-0.4, -0.2) is 12.6 Å². The number of esters is 1. The summed E-state index contributed by atoms with van der Waals surface area (Å²) in [6.45, 7) is 2.97. The van der Waals surface area contributed by atoms with Gasteiger partial charge in [0, 0.05) is 0 Å². The van der Waals surface area contributed by atoms with Crippen molar-refractivity contribution in [2.24, 2.45) is 0 Å². The first-order valence-electron chi connectivity index (χ1n) is 12.4. The minimum absolute atomic E-state index is 0.368. The molecule has 0 aliphatic rings. The second kappa shape index (κ2) is 14.2. The number of carbonyl (C=O) groups excluding carboxylic acids is 1. The van der Waals surface area contributed by atoms with Gasteiger partial charge in [-0.15, -0.1) is 0 Å². The highest BCUT2D eigenvalue weighted by Crippen LogP contribution is 2.23. The predicted octanol–water partition coefficient (Wildman–Crippen LogP) is 8.48. The summed E-state index contributed by atoms with van der Waals surface area (Å²) >= 11 is 0. The fourth-order valence-corrected chi connectivity index (χ4v) is 3.80. The summed E-state index contributed by atoms with van der Waals surface area (Å²) in [5, 5.41) is 0. The van der Waals surface area contributed by atoms with Crippen LogP contribution in [0, 0.1) is 0 Å². The van der Waals surface area contributed by atoms with Gasteiger partial charge >= 0.3 is 5.97 Å². The number of benzene rings is 3. The smallest absolute Gasteiger partial charge is 0.343 e. The number of unbranched alkanes of at least 4 members (excludes halogenated alkanes) is 8. The van der Waals surface area contributed by atoms with Crippen molar-refractivity contribution in [2.45, 2.75) is 64.7 Å². The van der Waals surface area contributed by atoms with Crippen molar-refractivity contribution in [2.75, 3.05) is 6.61 Å². The highest BCUT2D eigenvalue weighted by molar-refractivity contribution is 5.91. The second-order valence-corrected chi connectivity index (χ2v) is 8.48. The minimum atomic E-state index is -0.368. The lowest BCUT2D eigenvalue weighted by molar-refractivity contribution is 0.0734. The van der Waals surface area contributed by atoms with Crippen molar-refractivity contribution < 1.29 is 14.3 Å². The minimum Gasteiger partial charge on any atom is -0.494 e. The van der Waals surface area contributed by atoms with Crippen LogP contribution in [0.5, 0.6) is 11.5 Å².